The molecule has 9 heteroatoms. The number of carbonyl (C=O) groups is 2. The molecule has 5 rings (SSSR count). The van der Waals surface area contributed by atoms with Crippen LogP contribution < -0.4 is 16.2 Å². The fourth-order valence-electron chi connectivity index (χ4n) is 4.85. The number of fused-ring (bicyclic) bond motifs is 1. The van der Waals surface area contributed by atoms with E-state index < -0.39 is 0 Å². The first-order chi connectivity index (χ1) is 14.7. The second-order valence-corrected chi connectivity index (χ2v) is 9.45. The number of likely N-dealkylation sites (tertiary alicyclic amines) is 1. The molecule has 1 aromatic heterocycles. The number of anilines is 1. The number of amides is 2. The summed E-state index contributed by atoms with van der Waals surface area (Å²) in [6.07, 6.45) is 5.61. The first-order valence-corrected chi connectivity index (χ1v) is 11.5. The number of hydrogen-bond donors (Lipinski definition) is 3. The third kappa shape index (κ3) is 3.97. The van der Waals surface area contributed by atoms with E-state index in [4.69, 9.17) is 0 Å². The number of hydrazine groups is 1. The zero-order valence-corrected chi connectivity index (χ0v) is 17.5. The topological polar surface area (TPSA) is 99.2 Å². The van der Waals surface area contributed by atoms with Crippen molar-refractivity contribution in [2.75, 3.05) is 11.9 Å². The van der Waals surface area contributed by atoms with Crippen molar-refractivity contribution >= 4 is 28.3 Å². The van der Waals surface area contributed by atoms with E-state index in [0.717, 1.165) is 23.4 Å². The van der Waals surface area contributed by atoms with Crippen LogP contribution in [0.3, 0.4) is 0 Å². The quantitative estimate of drug-likeness (QED) is 0.676. The largest absolute Gasteiger partial charge is 0.325 e. The van der Waals surface area contributed by atoms with E-state index in [9.17, 15) is 9.59 Å². The Morgan fingerprint density at radius 2 is 2.00 bits per heavy atom. The van der Waals surface area contributed by atoms with Gasteiger partial charge in [-0.25, -0.2) is 5.43 Å². The summed E-state index contributed by atoms with van der Waals surface area (Å²) in [5.41, 5.74) is 7.82. The first kappa shape index (κ1) is 19.6. The van der Waals surface area contributed by atoms with Crippen LogP contribution >= 0.6 is 11.3 Å². The van der Waals surface area contributed by atoms with Gasteiger partial charge in [0, 0.05) is 31.3 Å². The van der Waals surface area contributed by atoms with E-state index in [0.29, 0.717) is 30.1 Å². The van der Waals surface area contributed by atoms with Crippen LogP contribution in [0.1, 0.15) is 42.7 Å². The van der Waals surface area contributed by atoms with Crippen molar-refractivity contribution in [2.24, 2.45) is 11.8 Å². The van der Waals surface area contributed by atoms with Crippen molar-refractivity contribution in [1.82, 2.24) is 25.9 Å². The highest BCUT2D eigenvalue weighted by Gasteiger charge is 2.46. The van der Waals surface area contributed by atoms with Crippen LogP contribution in [0.5, 0.6) is 0 Å². The number of carbonyl (C=O) groups excluding carboxylic acids is 2. The Labute approximate surface area is 179 Å². The van der Waals surface area contributed by atoms with Crippen LogP contribution in [-0.4, -0.2) is 45.7 Å². The second kappa shape index (κ2) is 8.41. The van der Waals surface area contributed by atoms with E-state index in [1.807, 2.05) is 35.2 Å². The van der Waals surface area contributed by atoms with E-state index in [1.165, 1.54) is 24.2 Å². The van der Waals surface area contributed by atoms with Crippen LogP contribution in [0.15, 0.2) is 30.3 Å². The number of rotatable bonds is 5. The Hall–Kier alpha value is -2.36. The predicted molar refractivity (Wildman–Crippen MR) is 113 cm³/mol. The molecule has 0 bridgehead atoms. The number of aromatic nitrogens is 2. The molecule has 4 unspecified atom stereocenters. The SMILES string of the molecule is O=C(Nc1nnc(Cc2ccccc2)s1)C1CC(=O)N(C2NNC3CCCCC32)C1. The molecular weight excluding hydrogens is 400 g/mol. The van der Waals surface area contributed by atoms with Crippen molar-refractivity contribution in [3.8, 4) is 0 Å². The van der Waals surface area contributed by atoms with Gasteiger partial charge in [0.2, 0.25) is 16.9 Å². The fraction of sp³-hybridized carbons (Fsp3) is 0.524. The predicted octanol–water partition coefficient (Wildman–Crippen LogP) is 1.91. The van der Waals surface area contributed by atoms with Crippen LogP contribution in [-0.2, 0) is 16.0 Å². The molecular formula is C21H26N6O2S. The van der Waals surface area contributed by atoms with Gasteiger partial charge < -0.3 is 10.2 Å². The Morgan fingerprint density at radius 3 is 2.87 bits per heavy atom. The number of nitrogens with one attached hydrogen (secondary N) is 3. The van der Waals surface area contributed by atoms with Gasteiger partial charge in [-0.3, -0.25) is 15.0 Å². The molecule has 2 aliphatic heterocycles. The lowest BCUT2D eigenvalue weighted by Crippen LogP contribution is -2.48. The molecule has 8 nitrogen and oxygen atoms in total. The van der Waals surface area contributed by atoms with Gasteiger partial charge in [0.05, 0.1) is 12.1 Å². The lowest BCUT2D eigenvalue weighted by Gasteiger charge is -2.32. The summed E-state index contributed by atoms with van der Waals surface area (Å²) in [5.74, 6) is -0.0428. The average molecular weight is 427 g/mol. The highest BCUT2D eigenvalue weighted by molar-refractivity contribution is 7.15. The van der Waals surface area contributed by atoms with Crippen LogP contribution in [0, 0.1) is 11.8 Å². The second-order valence-electron chi connectivity index (χ2n) is 8.39. The molecule has 2 saturated heterocycles. The molecule has 3 fully saturated rings. The van der Waals surface area contributed by atoms with Crippen molar-refractivity contribution in [2.45, 2.75) is 50.7 Å². The summed E-state index contributed by atoms with van der Waals surface area (Å²) in [4.78, 5) is 27.3. The summed E-state index contributed by atoms with van der Waals surface area (Å²) in [7, 11) is 0. The number of nitrogens with zero attached hydrogens (tertiary/aromatic N) is 3. The van der Waals surface area contributed by atoms with Gasteiger partial charge in [0.1, 0.15) is 5.01 Å². The van der Waals surface area contributed by atoms with Crippen LogP contribution in [0.4, 0.5) is 5.13 Å². The fourth-order valence-corrected chi connectivity index (χ4v) is 5.63. The van der Waals surface area contributed by atoms with E-state index in [-0.39, 0.29) is 30.3 Å². The molecule has 30 heavy (non-hydrogen) atoms. The lowest BCUT2D eigenvalue weighted by molar-refractivity contribution is -0.131. The average Bonchev–Trinajstić information content (AvgIpc) is 3.47. The molecule has 4 atom stereocenters. The molecule has 158 valence electrons. The molecule has 1 aliphatic carbocycles. The van der Waals surface area contributed by atoms with Gasteiger partial charge in [-0.15, -0.1) is 10.2 Å². The summed E-state index contributed by atoms with van der Waals surface area (Å²) in [6.45, 7) is 0.447. The Bertz CT molecular complexity index is 919. The minimum atomic E-state index is -0.358. The maximum atomic E-state index is 12.8. The van der Waals surface area contributed by atoms with Crippen molar-refractivity contribution < 1.29 is 9.59 Å². The van der Waals surface area contributed by atoms with Gasteiger partial charge in [-0.2, -0.15) is 0 Å². The molecule has 2 aromatic rings. The van der Waals surface area contributed by atoms with Gasteiger partial charge in [-0.1, -0.05) is 54.5 Å². The van der Waals surface area contributed by atoms with Gasteiger partial charge in [0.15, 0.2) is 0 Å². The van der Waals surface area contributed by atoms with Crippen LogP contribution in [0.25, 0.3) is 0 Å². The minimum Gasteiger partial charge on any atom is -0.325 e. The molecule has 2 amide bonds. The molecule has 3 N–H and O–H groups in total. The smallest absolute Gasteiger partial charge is 0.231 e. The van der Waals surface area contributed by atoms with Gasteiger partial charge in [-0.05, 0) is 18.4 Å². The normalized spacial score (nSPS) is 28.5. The van der Waals surface area contributed by atoms with E-state index in [1.54, 1.807) is 0 Å². The third-order valence-corrected chi connectivity index (χ3v) is 7.24. The zero-order valence-electron chi connectivity index (χ0n) is 16.7. The lowest BCUT2D eigenvalue weighted by atomic mass is 9.84. The molecule has 1 aromatic carbocycles. The Balaban J connectivity index is 1.19. The maximum absolute atomic E-state index is 12.8. The van der Waals surface area contributed by atoms with Crippen molar-refractivity contribution in [3.05, 3.63) is 40.9 Å². The van der Waals surface area contributed by atoms with E-state index in [2.05, 4.69) is 26.4 Å². The molecule has 0 spiro atoms. The highest BCUT2D eigenvalue weighted by Crippen LogP contribution is 2.34. The summed E-state index contributed by atoms with van der Waals surface area (Å²) in [6, 6.07) is 10.5. The summed E-state index contributed by atoms with van der Waals surface area (Å²) >= 11 is 1.38. The number of benzene rings is 1. The van der Waals surface area contributed by atoms with Gasteiger partial charge >= 0.3 is 0 Å². The number of hydrogen-bond acceptors (Lipinski definition) is 7. The monoisotopic (exact) mass is 426 g/mol. The summed E-state index contributed by atoms with van der Waals surface area (Å²) in [5, 5.41) is 12.5. The standard InChI is InChI=1S/C21H26N6O2S/c28-18-11-14(12-27(18)19-15-8-4-5-9-16(15)23-25-19)20(29)22-21-26-24-17(30-21)10-13-6-2-1-3-7-13/h1-3,6-7,14-16,19,23,25H,4-5,8-12H2,(H,22,26,29). The zero-order chi connectivity index (χ0) is 20.5. The van der Waals surface area contributed by atoms with Crippen molar-refractivity contribution in [1.29, 1.82) is 0 Å². The third-order valence-electron chi connectivity index (χ3n) is 6.40. The Morgan fingerprint density at radius 1 is 1.17 bits per heavy atom. The Kier molecular flexibility index (Phi) is 5.49. The molecule has 0 radical (unpaired) electrons. The van der Waals surface area contributed by atoms with Crippen molar-refractivity contribution in [3.63, 3.8) is 0 Å². The van der Waals surface area contributed by atoms with Crippen LogP contribution in [0.2, 0.25) is 0 Å². The molecule has 3 aliphatic rings. The highest BCUT2D eigenvalue weighted by atomic mass is 32.1. The minimum absolute atomic E-state index is 0.0143. The summed E-state index contributed by atoms with van der Waals surface area (Å²) < 4.78 is 0. The van der Waals surface area contributed by atoms with Gasteiger partial charge in [0.25, 0.3) is 0 Å². The first-order valence-electron chi connectivity index (χ1n) is 10.6. The maximum Gasteiger partial charge on any atom is 0.231 e. The van der Waals surface area contributed by atoms with E-state index >= 15 is 0 Å². The molecule has 1 saturated carbocycles. The molecule has 3 heterocycles.